The Balaban J connectivity index is 1.42. The van der Waals surface area contributed by atoms with E-state index >= 15 is 0 Å². The summed E-state index contributed by atoms with van der Waals surface area (Å²) in [5, 5.41) is 42.2. The van der Waals surface area contributed by atoms with Crippen molar-refractivity contribution in [2.75, 3.05) is 19.0 Å². The fourth-order valence-corrected chi connectivity index (χ4v) is 6.29. The van der Waals surface area contributed by atoms with E-state index in [-0.39, 0.29) is 45.9 Å². The van der Waals surface area contributed by atoms with Gasteiger partial charge in [0.2, 0.25) is 17.1 Å². The second-order valence-electron chi connectivity index (χ2n) is 10.4. The standard InChI is InChI=1S/C30H25N3O14S/c1-12(34)45-8-14-11-48-29-21(28(42)33(29)22(14)30(43)44)32-27(41)20(13-2-4-15(5-3-13)46-10-19(36)37)31-26(40)17-9-47-25-16(23(17)38)6-7-18(35)24(25)39/h2-7,9,20-21,29,35,39H,8,10-11H2,1H3,(H,31,40)(H,32,41)(H,36,37)(H,43,44)/t20?,21-,29-/m0/s1. The molecule has 18 heteroatoms. The molecule has 3 atom stereocenters. The molecule has 0 bridgehead atoms. The van der Waals surface area contributed by atoms with Crippen LogP contribution in [-0.4, -0.2) is 91.3 Å². The summed E-state index contributed by atoms with van der Waals surface area (Å²) in [6.45, 7) is 0.149. The number of carboxylic acid groups (broad SMARTS) is 2. The Kier molecular flexibility index (Phi) is 9.28. The zero-order valence-corrected chi connectivity index (χ0v) is 25.4. The maximum atomic E-state index is 13.7. The Labute approximate surface area is 272 Å². The number of fused-ring (bicyclic) bond motifs is 2. The summed E-state index contributed by atoms with van der Waals surface area (Å²) in [7, 11) is 0. The molecule has 3 aromatic rings. The lowest BCUT2D eigenvalue weighted by atomic mass is 10.0. The van der Waals surface area contributed by atoms with Gasteiger partial charge in [-0.3, -0.25) is 28.9 Å². The van der Waals surface area contributed by atoms with E-state index in [1.807, 2.05) is 0 Å². The van der Waals surface area contributed by atoms with Gasteiger partial charge in [-0.2, -0.15) is 0 Å². The SMILES string of the molecule is CC(=O)OCC1=C(C(=O)O)N2C(=O)[C@H](NC(=O)C(NC(=O)c3coc4c(O)c(O)ccc4c3=O)c3ccc(OCC(=O)O)cc3)[C@@H]2SC1. The third-order valence-corrected chi connectivity index (χ3v) is 8.59. The molecular weight excluding hydrogens is 658 g/mol. The minimum atomic E-state index is -1.57. The van der Waals surface area contributed by atoms with Crippen molar-refractivity contribution in [1.82, 2.24) is 15.5 Å². The van der Waals surface area contributed by atoms with E-state index in [9.17, 15) is 48.9 Å². The molecule has 2 aromatic carbocycles. The van der Waals surface area contributed by atoms with Gasteiger partial charge in [-0.25, -0.2) is 9.59 Å². The number of ether oxygens (including phenoxy) is 2. The van der Waals surface area contributed by atoms with Crippen molar-refractivity contribution in [2.45, 2.75) is 24.4 Å². The van der Waals surface area contributed by atoms with Crippen LogP contribution in [-0.2, 0) is 28.7 Å². The Bertz CT molecular complexity index is 1950. The van der Waals surface area contributed by atoms with E-state index in [0.29, 0.717) is 0 Å². The van der Waals surface area contributed by atoms with Crippen LogP contribution in [0.25, 0.3) is 11.0 Å². The number of esters is 1. The fourth-order valence-electron chi connectivity index (χ4n) is 4.96. The van der Waals surface area contributed by atoms with Gasteiger partial charge in [0.25, 0.3) is 11.8 Å². The van der Waals surface area contributed by atoms with E-state index in [2.05, 4.69) is 10.6 Å². The fraction of sp³-hybridized carbons (Fsp3) is 0.233. The molecule has 3 heterocycles. The van der Waals surface area contributed by atoms with Gasteiger partial charge in [0.15, 0.2) is 17.9 Å². The molecule has 2 aliphatic heterocycles. The molecule has 48 heavy (non-hydrogen) atoms. The number of aromatic hydroxyl groups is 2. The van der Waals surface area contributed by atoms with Crippen molar-refractivity contribution in [3.05, 3.63) is 75.3 Å². The first kappa shape index (κ1) is 33.3. The zero-order valence-electron chi connectivity index (χ0n) is 24.6. The summed E-state index contributed by atoms with van der Waals surface area (Å²) in [4.78, 5) is 88.5. The molecule has 2 aliphatic rings. The predicted molar refractivity (Wildman–Crippen MR) is 162 cm³/mol. The van der Waals surface area contributed by atoms with E-state index in [1.54, 1.807) is 0 Å². The lowest BCUT2D eigenvalue weighted by molar-refractivity contribution is -0.151. The highest BCUT2D eigenvalue weighted by atomic mass is 32.2. The number of carbonyl (C=O) groups excluding carboxylic acids is 4. The Morgan fingerprint density at radius 3 is 2.42 bits per heavy atom. The molecule has 1 aromatic heterocycles. The summed E-state index contributed by atoms with van der Waals surface area (Å²) in [5.41, 5.74) is -1.93. The number of thioether (sulfide) groups is 1. The molecule has 3 amide bonds. The van der Waals surface area contributed by atoms with Crippen LogP contribution in [0.4, 0.5) is 0 Å². The molecule has 0 saturated carbocycles. The normalized spacial score (nSPS) is 17.5. The first-order valence-corrected chi connectivity index (χ1v) is 14.9. The van der Waals surface area contributed by atoms with Crippen molar-refractivity contribution in [3.63, 3.8) is 0 Å². The molecule has 17 nitrogen and oxygen atoms in total. The molecule has 1 saturated heterocycles. The van der Waals surface area contributed by atoms with E-state index in [0.717, 1.165) is 42.0 Å². The van der Waals surface area contributed by atoms with Gasteiger partial charge in [-0.15, -0.1) is 11.8 Å². The van der Waals surface area contributed by atoms with E-state index < -0.39 is 82.2 Å². The maximum Gasteiger partial charge on any atom is 0.352 e. The topological polar surface area (TPSA) is 259 Å². The van der Waals surface area contributed by atoms with Gasteiger partial charge >= 0.3 is 17.9 Å². The van der Waals surface area contributed by atoms with Crippen LogP contribution in [0.5, 0.6) is 17.2 Å². The molecular formula is C30H25N3O14S. The molecule has 5 rings (SSSR count). The van der Waals surface area contributed by atoms with Crippen molar-refractivity contribution in [2.24, 2.45) is 0 Å². The lowest BCUT2D eigenvalue weighted by Crippen LogP contribution is -2.71. The number of nitrogens with zero attached hydrogens (tertiary/aromatic N) is 1. The van der Waals surface area contributed by atoms with Gasteiger partial charge in [0.05, 0.1) is 5.39 Å². The second-order valence-corrected chi connectivity index (χ2v) is 11.5. The molecule has 6 N–H and O–H groups in total. The lowest BCUT2D eigenvalue weighted by Gasteiger charge is -2.49. The van der Waals surface area contributed by atoms with Crippen LogP contribution < -0.4 is 20.8 Å². The van der Waals surface area contributed by atoms with Gasteiger partial charge < -0.3 is 45.0 Å². The highest BCUT2D eigenvalue weighted by Gasteiger charge is 2.54. The third kappa shape index (κ3) is 6.45. The largest absolute Gasteiger partial charge is 0.504 e. The summed E-state index contributed by atoms with van der Waals surface area (Å²) < 4.78 is 15.3. The van der Waals surface area contributed by atoms with Gasteiger partial charge in [0.1, 0.15) is 47.3 Å². The number of nitrogens with one attached hydrogen (secondary N) is 2. The number of amides is 3. The van der Waals surface area contributed by atoms with Crippen molar-refractivity contribution in [3.8, 4) is 17.2 Å². The number of β-lactam (4-membered cyclic amide) rings is 1. The molecule has 1 unspecified atom stereocenters. The maximum absolute atomic E-state index is 13.7. The van der Waals surface area contributed by atoms with Gasteiger partial charge in [0, 0.05) is 18.2 Å². The Morgan fingerprint density at radius 2 is 1.77 bits per heavy atom. The summed E-state index contributed by atoms with van der Waals surface area (Å²) in [5.74, 6) is -7.23. The van der Waals surface area contributed by atoms with Crippen LogP contribution in [0, 0.1) is 0 Å². The van der Waals surface area contributed by atoms with E-state index in [1.165, 1.54) is 24.3 Å². The number of hydrogen-bond donors (Lipinski definition) is 6. The molecule has 0 spiro atoms. The average Bonchev–Trinajstić information content (AvgIpc) is 3.05. The Morgan fingerprint density at radius 1 is 1.06 bits per heavy atom. The number of rotatable bonds is 11. The Hall–Kier alpha value is -6.04. The first-order valence-electron chi connectivity index (χ1n) is 13.8. The average molecular weight is 684 g/mol. The number of benzene rings is 2. The van der Waals surface area contributed by atoms with Crippen molar-refractivity contribution < 1.29 is 63.1 Å². The van der Waals surface area contributed by atoms with Gasteiger partial charge in [-0.1, -0.05) is 12.1 Å². The minimum Gasteiger partial charge on any atom is -0.504 e. The number of carbonyl (C=O) groups is 6. The van der Waals surface area contributed by atoms with Crippen molar-refractivity contribution >= 4 is 58.4 Å². The molecule has 0 radical (unpaired) electrons. The first-order chi connectivity index (χ1) is 22.8. The second kappa shape index (κ2) is 13.4. The van der Waals surface area contributed by atoms with Gasteiger partial charge in [-0.05, 0) is 29.8 Å². The summed E-state index contributed by atoms with van der Waals surface area (Å²) in [6.07, 6.45) is 0.732. The minimum absolute atomic E-state index is 0.0682. The third-order valence-electron chi connectivity index (χ3n) is 7.25. The van der Waals surface area contributed by atoms with Crippen LogP contribution in [0.2, 0.25) is 0 Å². The highest BCUT2D eigenvalue weighted by Crippen LogP contribution is 2.40. The van der Waals surface area contributed by atoms with E-state index in [4.69, 9.17) is 19.0 Å². The number of hydrogen-bond acceptors (Lipinski definition) is 13. The molecule has 1 fully saturated rings. The van der Waals surface area contributed by atoms with Crippen LogP contribution >= 0.6 is 11.8 Å². The highest BCUT2D eigenvalue weighted by molar-refractivity contribution is 8.00. The number of aliphatic carboxylic acids is 2. The monoisotopic (exact) mass is 683 g/mol. The quantitative estimate of drug-likeness (QED) is 0.0910. The predicted octanol–water partition coefficient (Wildman–Crippen LogP) is 0.440. The smallest absolute Gasteiger partial charge is 0.352 e. The summed E-state index contributed by atoms with van der Waals surface area (Å²) in [6, 6.07) is 4.67. The number of carboxylic acids is 2. The van der Waals surface area contributed by atoms with Crippen molar-refractivity contribution in [1.29, 1.82) is 0 Å². The molecule has 250 valence electrons. The van der Waals surface area contributed by atoms with Crippen LogP contribution in [0.15, 0.2) is 63.1 Å². The molecule has 0 aliphatic carbocycles. The number of phenols is 2. The van der Waals surface area contributed by atoms with Crippen LogP contribution in [0.3, 0.4) is 0 Å². The zero-order chi connectivity index (χ0) is 34.9. The number of phenolic OH excluding ortho intramolecular Hbond substituents is 2. The summed E-state index contributed by atoms with van der Waals surface area (Å²) >= 11 is 1.12. The van der Waals surface area contributed by atoms with Crippen LogP contribution in [0.1, 0.15) is 28.9 Å².